The molecule has 0 bridgehead atoms. The number of aromatic amines is 1. The van der Waals surface area contributed by atoms with Crippen molar-refractivity contribution in [3.8, 4) is 33.3 Å². The SMILES string of the molecule is CC(=O)c1ccc(Oc2c(C)cc(F)cc2C)c(-c2cn(C)c(=O)c3sc(-c4nc5ccccc5[nH]4)cc23)c1. The first-order valence-corrected chi connectivity index (χ1v) is 13.2. The van der Waals surface area contributed by atoms with Crippen LogP contribution < -0.4 is 10.3 Å². The van der Waals surface area contributed by atoms with Crippen LogP contribution in [0.1, 0.15) is 28.4 Å². The molecule has 0 unspecified atom stereocenters. The van der Waals surface area contributed by atoms with Crippen molar-refractivity contribution in [2.75, 3.05) is 0 Å². The summed E-state index contributed by atoms with van der Waals surface area (Å²) >= 11 is 1.37. The smallest absolute Gasteiger partial charge is 0.268 e. The number of imidazole rings is 1. The summed E-state index contributed by atoms with van der Waals surface area (Å²) in [6, 6.07) is 17.8. The molecule has 0 aliphatic rings. The number of rotatable bonds is 5. The summed E-state index contributed by atoms with van der Waals surface area (Å²) in [5, 5.41) is 0.733. The summed E-state index contributed by atoms with van der Waals surface area (Å²) in [6.45, 7) is 5.09. The molecule has 0 saturated carbocycles. The molecule has 194 valence electrons. The minimum atomic E-state index is -0.333. The molecule has 6 nitrogen and oxygen atoms in total. The van der Waals surface area contributed by atoms with Crippen LogP contribution >= 0.6 is 11.3 Å². The lowest BCUT2D eigenvalue weighted by Crippen LogP contribution is -2.15. The van der Waals surface area contributed by atoms with Gasteiger partial charge in [-0.15, -0.1) is 11.3 Å². The number of benzene rings is 3. The number of carbonyl (C=O) groups is 1. The lowest BCUT2D eigenvalue weighted by molar-refractivity contribution is 0.101. The largest absolute Gasteiger partial charge is 0.456 e. The number of ether oxygens (including phenoxy) is 1. The molecule has 8 heteroatoms. The highest BCUT2D eigenvalue weighted by atomic mass is 32.1. The van der Waals surface area contributed by atoms with Crippen LogP contribution in [0.25, 0.3) is 42.9 Å². The number of para-hydroxylation sites is 2. The van der Waals surface area contributed by atoms with Gasteiger partial charge < -0.3 is 14.3 Å². The van der Waals surface area contributed by atoms with Crippen LogP contribution in [-0.4, -0.2) is 20.3 Å². The van der Waals surface area contributed by atoms with Gasteiger partial charge in [0.1, 0.15) is 27.8 Å². The number of hydrogen-bond donors (Lipinski definition) is 1. The summed E-state index contributed by atoms with van der Waals surface area (Å²) in [5.74, 6) is 1.29. The van der Waals surface area contributed by atoms with E-state index in [2.05, 4.69) is 4.98 Å². The lowest BCUT2D eigenvalue weighted by atomic mass is 9.99. The number of ketones is 1. The van der Waals surface area contributed by atoms with E-state index in [1.807, 2.05) is 30.3 Å². The second kappa shape index (κ2) is 9.32. The van der Waals surface area contributed by atoms with E-state index in [9.17, 15) is 14.0 Å². The maximum Gasteiger partial charge on any atom is 0.268 e. The van der Waals surface area contributed by atoms with Crippen molar-refractivity contribution in [1.82, 2.24) is 14.5 Å². The number of aromatic nitrogens is 3. The van der Waals surface area contributed by atoms with Gasteiger partial charge in [0.15, 0.2) is 5.78 Å². The molecule has 0 amide bonds. The molecule has 0 radical (unpaired) electrons. The first kappa shape index (κ1) is 24.8. The van der Waals surface area contributed by atoms with E-state index in [0.717, 1.165) is 26.9 Å². The van der Waals surface area contributed by atoms with Crippen LogP contribution in [0.15, 0.2) is 71.7 Å². The summed E-state index contributed by atoms with van der Waals surface area (Å²) < 4.78 is 22.5. The van der Waals surface area contributed by atoms with Crippen molar-refractivity contribution in [2.45, 2.75) is 20.8 Å². The highest BCUT2D eigenvalue weighted by Gasteiger charge is 2.20. The van der Waals surface area contributed by atoms with E-state index in [-0.39, 0.29) is 17.2 Å². The van der Waals surface area contributed by atoms with Gasteiger partial charge in [-0.3, -0.25) is 9.59 Å². The average molecular weight is 538 g/mol. The zero-order valence-corrected chi connectivity index (χ0v) is 22.6. The molecule has 6 rings (SSSR count). The van der Waals surface area contributed by atoms with Gasteiger partial charge in [-0.25, -0.2) is 9.37 Å². The Bertz CT molecular complexity index is 1940. The number of aryl methyl sites for hydroxylation is 3. The molecule has 0 atom stereocenters. The molecule has 0 aliphatic heterocycles. The highest BCUT2D eigenvalue weighted by molar-refractivity contribution is 7.22. The minimum Gasteiger partial charge on any atom is -0.456 e. The quantitative estimate of drug-likeness (QED) is 0.230. The van der Waals surface area contributed by atoms with Crippen LogP contribution in [0.2, 0.25) is 0 Å². The van der Waals surface area contributed by atoms with E-state index in [0.29, 0.717) is 44.3 Å². The molecule has 3 aromatic heterocycles. The van der Waals surface area contributed by atoms with Gasteiger partial charge in [0, 0.05) is 35.3 Å². The number of halogens is 1. The first-order valence-electron chi connectivity index (χ1n) is 12.4. The van der Waals surface area contributed by atoms with E-state index < -0.39 is 0 Å². The summed E-state index contributed by atoms with van der Waals surface area (Å²) in [7, 11) is 1.70. The Kier molecular flexibility index (Phi) is 5.92. The van der Waals surface area contributed by atoms with E-state index in [4.69, 9.17) is 9.72 Å². The number of nitrogens with zero attached hydrogens (tertiary/aromatic N) is 2. The van der Waals surface area contributed by atoms with Crippen LogP contribution in [0.3, 0.4) is 0 Å². The summed E-state index contributed by atoms with van der Waals surface area (Å²) in [5.41, 5.74) is 4.84. The molecular formula is C31H24FN3O3S. The van der Waals surface area contributed by atoms with Crippen LogP contribution in [0, 0.1) is 19.7 Å². The predicted octanol–water partition coefficient (Wildman–Crippen LogP) is 7.56. The fourth-order valence-corrected chi connectivity index (χ4v) is 5.95. The Balaban J connectivity index is 1.58. The van der Waals surface area contributed by atoms with E-state index >= 15 is 0 Å². The molecule has 3 heterocycles. The van der Waals surface area contributed by atoms with Gasteiger partial charge in [0.2, 0.25) is 0 Å². The van der Waals surface area contributed by atoms with Gasteiger partial charge in [0.05, 0.1) is 15.9 Å². The van der Waals surface area contributed by atoms with Crippen molar-refractivity contribution in [3.63, 3.8) is 0 Å². The van der Waals surface area contributed by atoms with E-state index in [1.165, 1.54) is 35.0 Å². The number of fused-ring (bicyclic) bond motifs is 2. The van der Waals surface area contributed by atoms with Gasteiger partial charge in [0.25, 0.3) is 5.56 Å². The molecule has 1 N–H and O–H groups in total. The Morgan fingerprint density at radius 1 is 1.03 bits per heavy atom. The van der Waals surface area contributed by atoms with Crippen LogP contribution in [0.4, 0.5) is 4.39 Å². The van der Waals surface area contributed by atoms with Crippen molar-refractivity contribution in [1.29, 1.82) is 0 Å². The Labute approximate surface area is 227 Å². The third-order valence-electron chi connectivity index (χ3n) is 6.80. The second-order valence-electron chi connectivity index (χ2n) is 9.65. The zero-order chi connectivity index (χ0) is 27.4. The van der Waals surface area contributed by atoms with Crippen LogP contribution in [0.5, 0.6) is 11.5 Å². The maximum atomic E-state index is 14.0. The summed E-state index contributed by atoms with van der Waals surface area (Å²) in [6.07, 6.45) is 1.76. The third kappa shape index (κ3) is 4.32. The third-order valence-corrected chi connectivity index (χ3v) is 7.93. The van der Waals surface area contributed by atoms with Crippen LogP contribution in [-0.2, 0) is 7.05 Å². The topological polar surface area (TPSA) is 77.0 Å². The first-order chi connectivity index (χ1) is 18.7. The predicted molar refractivity (Wildman–Crippen MR) is 154 cm³/mol. The fourth-order valence-electron chi connectivity index (χ4n) is 4.85. The number of Topliss-reactive ketones (excluding diaryl/α,β-unsaturated/α-hetero) is 1. The van der Waals surface area contributed by atoms with E-state index in [1.54, 1.807) is 45.3 Å². The Hall–Kier alpha value is -4.56. The van der Waals surface area contributed by atoms with Gasteiger partial charge in [-0.05, 0) is 80.4 Å². The average Bonchev–Trinajstić information content (AvgIpc) is 3.53. The molecule has 0 aliphatic carbocycles. The Morgan fingerprint density at radius 3 is 2.49 bits per heavy atom. The fraction of sp³-hybridized carbons (Fsp3) is 0.129. The second-order valence-corrected chi connectivity index (χ2v) is 10.7. The van der Waals surface area contributed by atoms with Crippen molar-refractivity contribution < 1.29 is 13.9 Å². The summed E-state index contributed by atoms with van der Waals surface area (Å²) in [4.78, 5) is 34.5. The van der Waals surface area contributed by atoms with Crippen molar-refractivity contribution in [3.05, 3.63) is 99.7 Å². The number of pyridine rings is 1. The Morgan fingerprint density at radius 2 is 1.77 bits per heavy atom. The van der Waals surface area contributed by atoms with Crippen molar-refractivity contribution >= 4 is 38.2 Å². The maximum absolute atomic E-state index is 14.0. The monoisotopic (exact) mass is 537 g/mol. The number of H-pyrrole nitrogens is 1. The van der Waals surface area contributed by atoms with Crippen molar-refractivity contribution in [2.24, 2.45) is 7.05 Å². The number of carbonyl (C=O) groups excluding carboxylic acids is 1. The molecule has 3 aromatic carbocycles. The molecule has 6 aromatic rings. The molecule has 39 heavy (non-hydrogen) atoms. The number of hydrogen-bond acceptors (Lipinski definition) is 5. The lowest BCUT2D eigenvalue weighted by Gasteiger charge is -2.17. The van der Waals surface area contributed by atoms with Gasteiger partial charge in [-0.1, -0.05) is 12.1 Å². The minimum absolute atomic E-state index is 0.0914. The molecule has 0 saturated heterocycles. The molecule has 0 fully saturated rings. The van der Waals surface area contributed by atoms with Gasteiger partial charge >= 0.3 is 0 Å². The van der Waals surface area contributed by atoms with Gasteiger partial charge in [-0.2, -0.15) is 0 Å². The highest BCUT2D eigenvalue weighted by Crippen LogP contribution is 2.42. The number of nitrogens with one attached hydrogen (secondary N) is 1. The molecule has 0 spiro atoms. The molecular weight excluding hydrogens is 513 g/mol. The number of thiophene rings is 1. The normalized spacial score (nSPS) is 11.4. The standard InChI is InChI=1S/C31H24FN3O3S/c1-16-11-20(32)12-17(2)28(16)38-26-10-9-19(18(3)36)13-21(26)23-15-35(4)31(37)29-22(23)14-27(39-29)30-33-24-7-5-6-8-25(24)34-30/h5-15H,1-4H3,(H,33,34). The zero-order valence-electron chi connectivity index (χ0n) is 21.8.